The molecular formula is C15H19N3O. The Bertz CT molecular complexity index is 523. The summed E-state index contributed by atoms with van der Waals surface area (Å²) in [5, 5.41) is 0. The molecule has 0 aliphatic carbocycles. The number of rotatable bonds is 3. The summed E-state index contributed by atoms with van der Waals surface area (Å²) >= 11 is 0. The minimum Gasteiger partial charge on any atom is -0.444 e. The number of benzene rings is 1. The van der Waals surface area contributed by atoms with Crippen molar-refractivity contribution in [3.63, 3.8) is 0 Å². The van der Waals surface area contributed by atoms with Crippen LogP contribution in [-0.2, 0) is 6.54 Å². The highest BCUT2D eigenvalue weighted by molar-refractivity contribution is 5.52. The van der Waals surface area contributed by atoms with Crippen molar-refractivity contribution in [2.75, 3.05) is 13.1 Å². The summed E-state index contributed by atoms with van der Waals surface area (Å²) in [5.74, 6) is 0.692. The van der Waals surface area contributed by atoms with Gasteiger partial charge in [0.2, 0.25) is 5.89 Å². The van der Waals surface area contributed by atoms with Gasteiger partial charge in [-0.2, -0.15) is 0 Å². The molecule has 2 aromatic rings. The largest absolute Gasteiger partial charge is 0.444 e. The Morgan fingerprint density at radius 2 is 2.16 bits per heavy atom. The lowest BCUT2D eigenvalue weighted by molar-refractivity contribution is 0.199. The van der Waals surface area contributed by atoms with Crippen molar-refractivity contribution in [1.82, 2.24) is 9.88 Å². The van der Waals surface area contributed by atoms with E-state index < -0.39 is 0 Å². The molecule has 1 saturated heterocycles. The minimum absolute atomic E-state index is 0.300. The van der Waals surface area contributed by atoms with Crippen LogP contribution in [0.2, 0.25) is 0 Å². The molecule has 0 bridgehead atoms. The maximum absolute atomic E-state index is 5.99. The second-order valence-corrected chi connectivity index (χ2v) is 5.15. The second kappa shape index (κ2) is 5.55. The maximum Gasteiger partial charge on any atom is 0.226 e. The van der Waals surface area contributed by atoms with Gasteiger partial charge in [0.25, 0.3) is 0 Å². The van der Waals surface area contributed by atoms with Crippen LogP contribution in [0, 0.1) is 0 Å². The van der Waals surface area contributed by atoms with Crippen molar-refractivity contribution < 1.29 is 4.42 Å². The van der Waals surface area contributed by atoms with Gasteiger partial charge in [-0.3, -0.25) is 4.90 Å². The number of piperidine rings is 1. The van der Waals surface area contributed by atoms with Crippen LogP contribution in [-0.4, -0.2) is 29.0 Å². The highest BCUT2D eigenvalue weighted by Crippen LogP contribution is 2.19. The molecule has 4 heteroatoms. The number of hydrogen-bond acceptors (Lipinski definition) is 4. The third-order valence-corrected chi connectivity index (χ3v) is 3.50. The van der Waals surface area contributed by atoms with Crippen LogP contribution in [0.4, 0.5) is 0 Å². The van der Waals surface area contributed by atoms with Crippen LogP contribution in [0.5, 0.6) is 0 Å². The highest BCUT2D eigenvalue weighted by atomic mass is 16.3. The first-order chi connectivity index (χ1) is 9.31. The summed E-state index contributed by atoms with van der Waals surface area (Å²) in [4.78, 5) is 6.90. The van der Waals surface area contributed by atoms with Gasteiger partial charge in [0.15, 0.2) is 0 Å². The molecule has 1 aliphatic rings. The zero-order chi connectivity index (χ0) is 13.1. The fourth-order valence-electron chi connectivity index (χ4n) is 2.56. The Balaban J connectivity index is 1.68. The van der Waals surface area contributed by atoms with Gasteiger partial charge in [0, 0.05) is 24.7 Å². The van der Waals surface area contributed by atoms with Gasteiger partial charge >= 0.3 is 0 Å². The van der Waals surface area contributed by atoms with E-state index in [0.717, 1.165) is 37.3 Å². The van der Waals surface area contributed by atoms with E-state index in [1.165, 1.54) is 6.42 Å². The molecule has 19 heavy (non-hydrogen) atoms. The van der Waals surface area contributed by atoms with E-state index in [1.807, 2.05) is 30.3 Å². The lowest BCUT2D eigenvalue weighted by Gasteiger charge is -2.29. The Hall–Kier alpha value is -1.65. The molecule has 1 unspecified atom stereocenters. The van der Waals surface area contributed by atoms with Gasteiger partial charge in [-0.25, -0.2) is 4.98 Å². The smallest absolute Gasteiger partial charge is 0.226 e. The number of nitrogens with zero attached hydrogens (tertiary/aromatic N) is 2. The number of aromatic nitrogens is 1. The van der Waals surface area contributed by atoms with Gasteiger partial charge in [0.1, 0.15) is 6.26 Å². The van der Waals surface area contributed by atoms with Crippen molar-refractivity contribution in [2.45, 2.75) is 25.4 Å². The summed E-state index contributed by atoms with van der Waals surface area (Å²) in [6.45, 7) is 2.87. The van der Waals surface area contributed by atoms with E-state index in [1.54, 1.807) is 6.26 Å². The van der Waals surface area contributed by atoms with Crippen LogP contribution in [0.1, 0.15) is 18.5 Å². The molecule has 3 rings (SSSR count). The standard InChI is InChI=1S/C15H19N3O/c16-13-7-4-8-18(9-13)10-14-11-19-15(17-14)12-5-2-1-3-6-12/h1-3,5-6,11,13H,4,7-10,16H2. The van der Waals surface area contributed by atoms with Gasteiger partial charge in [-0.15, -0.1) is 0 Å². The molecule has 1 atom stereocenters. The molecule has 0 radical (unpaired) electrons. The summed E-state index contributed by atoms with van der Waals surface area (Å²) in [5.41, 5.74) is 7.99. The molecule has 4 nitrogen and oxygen atoms in total. The van der Waals surface area contributed by atoms with Crippen molar-refractivity contribution in [1.29, 1.82) is 0 Å². The highest BCUT2D eigenvalue weighted by Gasteiger charge is 2.18. The fraction of sp³-hybridized carbons (Fsp3) is 0.400. The Kier molecular flexibility index (Phi) is 3.62. The number of likely N-dealkylation sites (tertiary alicyclic amines) is 1. The van der Waals surface area contributed by atoms with Crippen molar-refractivity contribution >= 4 is 0 Å². The minimum atomic E-state index is 0.300. The summed E-state index contributed by atoms with van der Waals surface area (Å²) in [7, 11) is 0. The Morgan fingerprint density at radius 3 is 2.95 bits per heavy atom. The molecule has 1 aromatic carbocycles. The Morgan fingerprint density at radius 1 is 1.32 bits per heavy atom. The predicted molar refractivity (Wildman–Crippen MR) is 74.4 cm³/mol. The first-order valence-electron chi connectivity index (χ1n) is 6.79. The number of hydrogen-bond donors (Lipinski definition) is 1. The average molecular weight is 257 g/mol. The van der Waals surface area contributed by atoms with Crippen LogP contribution >= 0.6 is 0 Å². The van der Waals surface area contributed by atoms with E-state index in [9.17, 15) is 0 Å². The van der Waals surface area contributed by atoms with E-state index >= 15 is 0 Å². The third-order valence-electron chi connectivity index (χ3n) is 3.50. The topological polar surface area (TPSA) is 55.3 Å². The zero-order valence-electron chi connectivity index (χ0n) is 11.0. The zero-order valence-corrected chi connectivity index (χ0v) is 11.0. The molecule has 0 spiro atoms. The van der Waals surface area contributed by atoms with E-state index in [4.69, 9.17) is 10.2 Å². The summed E-state index contributed by atoms with van der Waals surface area (Å²) < 4.78 is 5.55. The van der Waals surface area contributed by atoms with E-state index in [-0.39, 0.29) is 0 Å². The molecule has 2 N–H and O–H groups in total. The quantitative estimate of drug-likeness (QED) is 0.916. The molecular weight excluding hydrogens is 238 g/mol. The van der Waals surface area contributed by atoms with Crippen LogP contribution in [0.25, 0.3) is 11.5 Å². The van der Waals surface area contributed by atoms with Crippen molar-refractivity contribution in [3.05, 3.63) is 42.3 Å². The second-order valence-electron chi connectivity index (χ2n) is 5.15. The molecule has 100 valence electrons. The SMILES string of the molecule is NC1CCCN(Cc2coc(-c3ccccc3)n2)C1. The van der Waals surface area contributed by atoms with Crippen molar-refractivity contribution in [2.24, 2.45) is 5.73 Å². The monoisotopic (exact) mass is 257 g/mol. The van der Waals surface area contributed by atoms with E-state index in [0.29, 0.717) is 11.9 Å². The predicted octanol–water partition coefficient (Wildman–Crippen LogP) is 2.26. The Labute approximate surface area is 113 Å². The first kappa shape index (κ1) is 12.4. The molecule has 1 fully saturated rings. The average Bonchev–Trinajstić information content (AvgIpc) is 2.88. The summed E-state index contributed by atoms with van der Waals surface area (Å²) in [6.07, 6.45) is 4.05. The summed E-state index contributed by atoms with van der Waals surface area (Å²) in [6, 6.07) is 10.3. The third kappa shape index (κ3) is 3.03. The van der Waals surface area contributed by atoms with Crippen LogP contribution in [0.15, 0.2) is 41.0 Å². The molecule has 0 saturated carbocycles. The van der Waals surface area contributed by atoms with Crippen molar-refractivity contribution in [3.8, 4) is 11.5 Å². The number of oxazole rings is 1. The van der Waals surface area contributed by atoms with Gasteiger partial charge in [-0.05, 0) is 31.5 Å². The lowest BCUT2D eigenvalue weighted by atomic mass is 10.1. The first-order valence-corrected chi connectivity index (χ1v) is 6.79. The molecule has 2 heterocycles. The van der Waals surface area contributed by atoms with Gasteiger partial charge in [0.05, 0.1) is 5.69 Å². The maximum atomic E-state index is 5.99. The molecule has 1 aliphatic heterocycles. The van der Waals surface area contributed by atoms with E-state index in [2.05, 4.69) is 9.88 Å². The van der Waals surface area contributed by atoms with Gasteiger partial charge in [-0.1, -0.05) is 18.2 Å². The molecule has 0 amide bonds. The van der Waals surface area contributed by atoms with Gasteiger partial charge < -0.3 is 10.2 Å². The van der Waals surface area contributed by atoms with Crippen LogP contribution < -0.4 is 5.73 Å². The number of nitrogens with two attached hydrogens (primary N) is 1. The molecule has 1 aromatic heterocycles. The lowest BCUT2D eigenvalue weighted by Crippen LogP contribution is -2.42. The fourth-order valence-corrected chi connectivity index (χ4v) is 2.56. The normalized spacial score (nSPS) is 20.6. The van der Waals surface area contributed by atoms with Crippen LogP contribution in [0.3, 0.4) is 0 Å².